The lowest BCUT2D eigenvalue weighted by atomic mass is 9.92. The zero-order chi connectivity index (χ0) is 38.2. The number of para-hydroxylation sites is 1. The molecule has 1 aliphatic rings. The van der Waals surface area contributed by atoms with Crippen LogP contribution in [0.15, 0.2) is 48.8 Å². The van der Waals surface area contributed by atoms with Gasteiger partial charge in [0.05, 0.1) is 18.9 Å². The van der Waals surface area contributed by atoms with E-state index >= 15 is 0 Å². The van der Waals surface area contributed by atoms with Crippen LogP contribution in [0.4, 0.5) is 5.82 Å². The van der Waals surface area contributed by atoms with E-state index in [1.807, 2.05) is 13.8 Å². The number of nitrogens with one attached hydrogen (secondary N) is 1. The van der Waals surface area contributed by atoms with Crippen molar-refractivity contribution in [2.24, 2.45) is 17.6 Å². The zero-order valence-corrected chi connectivity index (χ0v) is 31.6. The smallest absolute Gasteiger partial charge is 0.459 e. The number of rotatable bonds is 18. The molecule has 0 saturated carbocycles. The van der Waals surface area contributed by atoms with Gasteiger partial charge >= 0.3 is 25.7 Å². The summed E-state index contributed by atoms with van der Waals surface area (Å²) in [7, 11) is -4.41. The number of carbonyl (C=O) groups excluding carboxylic acids is 3. The summed E-state index contributed by atoms with van der Waals surface area (Å²) < 4.78 is 51.8. The predicted molar refractivity (Wildman–Crippen MR) is 191 cm³/mol. The highest BCUT2D eigenvalue weighted by Crippen LogP contribution is 2.48. The second-order valence-corrected chi connectivity index (χ2v) is 14.9. The van der Waals surface area contributed by atoms with Crippen LogP contribution in [-0.4, -0.2) is 76.1 Å². The van der Waals surface area contributed by atoms with Gasteiger partial charge in [-0.2, -0.15) is 10.2 Å². The number of hydrogen-bond donors (Lipinski definition) is 3. The molecule has 0 amide bonds. The zero-order valence-electron chi connectivity index (χ0n) is 30.7. The minimum atomic E-state index is -4.41. The molecule has 17 heteroatoms. The van der Waals surface area contributed by atoms with E-state index in [1.165, 1.54) is 17.8 Å². The fourth-order valence-corrected chi connectivity index (χ4v) is 7.17. The third-order valence-electron chi connectivity index (χ3n) is 9.08. The fraction of sp³-hybridized carbons (Fsp3) is 0.571. The van der Waals surface area contributed by atoms with E-state index in [-0.39, 0.29) is 36.4 Å². The maximum absolute atomic E-state index is 14.5. The van der Waals surface area contributed by atoms with Crippen LogP contribution in [0.1, 0.15) is 73.4 Å². The number of fused-ring (bicyclic) bond motifs is 1. The van der Waals surface area contributed by atoms with Crippen molar-refractivity contribution < 1.29 is 46.9 Å². The number of nitrogens with zero attached hydrogens (tertiary/aromatic N) is 3. The van der Waals surface area contributed by atoms with Gasteiger partial charge in [-0.15, -0.1) is 0 Å². The quantitative estimate of drug-likeness (QED) is 0.0939. The lowest BCUT2D eigenvalue weighted by Crippen LogP contribution is -2.48. The Labute approximate surface area is 303 Å². The Kier molecular flexibility index (Phi) is 13.8. The molecular formula is C35H51N6O10P. The van der Waals surface area contributed by atoms with Gasteiger partial charge in [0.1, 0.15) is 41.4 Å². The van der Waals surface area contributed by atoms with Crippen molar-refractivity contribution in [2.45, 2.75) is 104 Å². The van der Waals surface area contributed by atoms with E-state index in [1.54, 1.807) is 70.2 Å². The number of ether oxygens (including phenoxy) is 4. The van der Waals surface area contributed by atoms with E-state index < -0.39 is 68.3 Å². The number of hydrogen-bond acceptors (Lipinski definition) is 14. The molecule has 0 aliphatic carbocycles. The molecule has 0 bridgehead atoms. The highest BCUT2D eigenvalue weighted by molar-refractivity contribution is 7.52. The van der Waals surface area contributed by atoms with E-state index in [9.17, 15) is 18.9 Å². The molecule has 4 rings (SSSR count). The monoisotopic (exact) mass is 746 g/mol. The van der Waals surface area contributed by atoms with E-state index in [0.29, 0.717) is 11.2 Å². The van der Waals surface area contributed by atoms with Crippen molar-refractivity contribution >= 4 is 37.0 Å². The van der Waals surface area contributed by atoms with Gasteiger partial charge in [0.2, 0.25) is 0 Å². The van der Waals surface area contributed by atoms with Crippen molar-refractivity contribution in [1.29, 1.82) is 0 Å². The Bertz CT molecular complexity index is 1720. The van der Waals surface area contributed by atoms with E-state index in [2.05, 4.69) is 15.2 Å². The highest BCUT2D eigenvalue weighted by Gasteiger charge is 2.59. The average molecular weight is 747 g/mol. The molecule has 1 aliphatic heterocycles. The van der Waals surface area contributed by atoms with Gasteiger partial charge in [0.15, 0.2) is 18.0 Å². The summed E-state index contributed by atoms with van der Waals surface area (Å²) in [4.78, 5) is 43.4. The van der Waals surface area contributed by atoms with Crippen molar-refractivity contribution in [1.82, 2.24) is 19.7 Å². The number of carbonyl (C=O) groups is 3. The standard InChI is InChI=1S/C35H51N6O10P/c1-8-23(9-2)18-46-33(43)22(6)40-52(45,51-24-14-12-11-13-15-24)47-19-26-30(49-34(44)29(36)21(4)5)31(48-28(42)10-3)35(7,50-26)27-17-16-25-32(37)38-20-39-41(25)27/h11-17,20-23,26,29-31H,8-10,18-19,36H2,1-7H3,(H,40,45)(H2,37,38,39)/t22-,26+,29-,30+,31+,35-,52?/m0/s1. The number of benzene rings is 1. The van der Waals surface area contributed by atoms with Crippen molar-refractivity contribution in [2.75, 3.05) is 18.9 Å². The molecule has 5 N–H and O–H groups in total. The van der Waals surface area contributed by atoms with Gasteiger partial charge in [-0.3, -0.25) is 18.9 Å². The molecule has 16 nitrogen and oxygen atoms in total. The van der Waals surface area contributed by atoms with Gasteiger partial charge in [-0.1, -0.05) is 65.7 Å². The molecule has 0 spiro atoms. The number of nitrogens with two attached hydrogens (primary N) is 2. The van der Waals surface area contributed by atoms with Crippen LogP contribution in [0, 0.1) is 11.8 Å². The number of nitrogen functional groups attached to an aromatic ring is 1. The third-order valence-corrected chi connectivity index (χ3v) is 10.7. The largest absolute Gasteiger partial charge is 0.464 e. The summed E-state index contributed by atoms with van der Waals surface area (Å²) in [6.07, 6.45) is -0.906. The Morgan fingerprint density at radius 2 is 1.73 bits per heavy atom. The minimum Gasteiger partial charge on any atom is -0.464 e. The molecule has 0 radical (unpaired) electrons. The minimum absolute atomic E-state index is 0.000768. The molecule has 1 saturated heterocycles. The van der Waals surface area contributed by atoms with Crippen LogP contribution in [0.25, 0.3) is 5.52 Å². The lowest BCUT2D eigenvalue weighted by Gasteiger charge is -2.31. The summed E-state index contributed by atoms with van der Waals surface area (Å²) in [5.74, 6) is -1.79. The topological polar surface area (TPSA) is 218 Å². The van der Waals surface area contributed by atoms with Crippen molar-refractivity contribution in [3.8, 4) is 5.75 Å². The normalized spacial score (nSPS) is 22.5. The fourth-order valence-electron chi connectivity index (χ4n) is 5.67. The van der Waals surface area contributed by atoms with Crippen LogP contribution < -0.4 is 21.1 Å². The predicted octanol–water partition coefficient (Wildman–Crippen LogP) is 4.30. The first-order chi connectivity index (χ1) is 24.7. The van der Waals surface area contributed by atoms with Crippen LogP contribution in [0.2, 0.25) is 0 Å². The molecule has 1 aromatic carbocycles. The highest BCUT2D eigenvalue weighted by atomic mass is 31.2. The Hall–Kier alpha value is -4.08. The molecule has 3 aromatic rings. The lowest BCUT2D eigenvalue weighted by molar-refractivity contribution is -0.172. The summed E-state index contributed by atoms with van der Waals surface area (Å²) in [5, 5.41) is 7.01. The van der Waals surface area contributed by atoms with Gasteiger partial charge in [0, 0.05) is 6.42 Å². The number of anilines is 1. The maximum Gasteiger partial charge on any atom is 0.459 e. The first kappa shape index (κ1) is 40.7. The molecule has 1 unspecified atom stereocenters. The molecule has 1 fully saturated rings. The van der Waals surface area contributed by atoms with E-state index in [0.717, 1.165) is 12.8 Å². The Morgan fingerprint density at radius 1 is 1.04 bits per heavy atom. The van der Waals surface area contributed by atoms with Crippen molar-refractivity contribution in [3.05, 3.63) is 54.5 Å². The van der Waals surface area contributed by atoms with Crippen LogP contribution in [-0.2, 0) is 48.0 Å². The maximum atomic E-state index is 14.5. The molecule has 286 valence electrons. The third kappa shape index (κ3) is 9.47. The van der Waals surface area contributed by atoms with Crippen LogP contribution >= 0.6 is 7.75 Å². The molecule has 52 heavy (non-hydrogen) atoms. The van der Waals surface area contributed by atoms with Crippen molar-refractivity contribution in [3.63, 3.8) is 0 Å². The van der Waals surface area contributed by atoms with Crippen LogP contribution in [0.3, 0.4) is 0 Å². The average Bonchev–Trinajstić information content (AvgIpc) is 3.68. The first-order valence-electron chi connectivity index (χ1n) is 17.5. The first-order valence-corrected chi connectivity index (χ1v) is 19.1. The van der Waals surface area contributed by atoms with Gasteiger partial charge < -0.3 is 34.9 Å². The van der Waals surface area contributed by atoms with Gasteiger partial charge in [-0.25, -0.2) is 14.1 Å². The second-order valence-electron chi connectivity index (χ2n) is 13.2. The second kappa shape index (κ2) is 17.6. The molecular weight excluding hydrogens is 695 g/mol. The summed E-state index contributed by atoms with van der Waals surface area (Å²) in [5.41, 5.74) is 11.6. The number of aromatic nitrogens is 3. The summed E-state index contributed by atoms with van der Waals surface area (Å²) in [6.45, 7) is 11.9. The SMILES string of the molecule is CCC(=O)O[C@@H]1[C@H](OC(=O)[C@@H](N)C(C)C)[C@@H](COP(=O)(N[C@@H](C)C(=O)OCC(CC)CC)Oc2ccccc2)O[C@@]1(C)c1ccc2c(N)ncnn12. The molecule has 2 aromatic heterocycles. The summed E-state index contributed by atoms with van der Waals surface area (Å²) >= 11 is 0. The molecule has 3 heterocycles. The van der Waals surface area contributed by atoms with Gasteiger partial charge in [0.25, 0.3) is 0 Å². The van der Waals surface area contributed by atoms with Gasteiger partial charge in [-0.05, 0) is 49.9 Å². The van der Waals surface area contributed by atoms with Crippen LogP contribution in [0.5, 0.6) is 5.75 Å². The Balaban J connectivity index is 1.72. The molecule has 7 atom stereocenters. The summed E-state index contributed by atoms with van der Waals surface area (Å²) in [6, 6.07) is 9.45. The van der Waals surface area contributed by atoms with E-state index in [4.69, 9.17) is 39.5 Å². The Morgan fingerprint density at radius 3 is 2.37 bits per heavy atom. The number of esters is 3.